The summed E-state index contributed by atoms with van der Waals surface area (Å²) in [5, 5.41) is 34.2. The summed E-state index contributed by atoms with van der Waals surface area (Å²) < 4.78 is 37.9. The maximum Gasteiger partial charge on any atom is 0.126 e. The van der Waals surface area contributed by atoms with E-state index in [1.165, 1.54) is 0 Å². The number of hydrogen-bond donors (Lipinski definition) is 4. The predicted octanol–water partition coefficient (Wildman–Crippen LogP) is 10.5. The van der Waals surface area contributed by atoms with Crippen molar-refractivity contribution in [2.75, 3.05) is 77.6 Å². The van der Waals surface area contributed by atoms with E-state index in [9.17, 15) is 10.5 Å². The molecule has 4 aliphatic rings. The highest BCUT2D eigenvalue weighted by Gasteiger charge is 2.34. The van der Waals surface area contributed by atoms with Crippen LogP contribution in [0.2, 0.25) is 10.0 Å². The van der Waals surface area contributed by atoms with Crippen LogP contribution >= 0.6 is 23.2 Å². The van der Waals surface area contributed by atoms with E-state index in [1.807, 2.05) is 50.2 Å². The fourth-order valence-corrected chi connectivity index (χ4v) is 10.9. The molecule has 0 bridgehead atoms. The Labute approximate surface area is 440 Å². The normalized spacial score (nSPS) is 23.8. The van der Waals surface area contributed by atoms with Crippen molar-refractivity contribution >= 4 is 34.8 Å². The van der Waals surface area contributed by atoms with Crippen LogP contribution in [-0.4, -0.2) is 111 Å². The number of nitrogens with one attached hydrogen (secondary N) is 4. The van der Waals surface area contributed by atoms with Gasteiger partial charge in [0.05, 0.1) is 57.6 Å². The van der Waals surface area contributed by atoms with Gasteiger partial charge in [-0.2, -0.15) is 10.5 Å². The van der Waals surface area contributed by atoms with Crippen LogP contribution in [0.3, 0.4) is 0 Å². The first-order valence-electron chi connectivity index (χ1n) is 26.9. The van der Waals surface area contributed by atoms with Gasteiger partial charge in [-0.15, -0.1) is 0 Å². The van der Waals surface area contributed by atoms with Crippen molar-refractivity contribution in [3.63, 3.8) is 0 Å². The van der Waals surface area contributed by atoms with E-state index in [2.05, 4.69) is 55.5 Å². The second-order valence-electron chi connectivity index (χ2n) is 20.4. The van der Waals surface area contributed by atoms with Crippen molar-refractivity contribution in [3.05, 3.63) is 82.4 Å². The summed E-state index contributed by atoms with van der Waals surface area (Å²) >= 11 is 13.1. The molecule has 4 fully saturated rings. The maximum atomic E-state index is 9.73. The Hall–Kier alpha value is -4.48. The van der Waals surface area contributed by atoms with Gasteiger partial charge in [0, 0.05) is 116 Å². The molecule has 8 rings (SSSR count). The quantitative estimate of drug-likeness (QED) is 0.0656. The van der Waals surface area contributed by atoms with Crippen molar-refractivity contribution in [2.24, 2.45) is 22.7 Å². The molecule has 4 aromatic rings. The first kappa shape index (κ1) is 52.4. The van der Waals surface area contributed by atoms with Crippen molar-refractivity contribution < 1.29 is 21.7 Å². The predicted molar refractivity (Wildman–Crippen MR) is 286 cm³/mol. The Kier molecular flexibility index (Phi) is 20.2. The Morgan fingerprint density at radius 3 is 1.40 bits per heavy atom. The van der Waals surface area contributed by atoms with Crippen LogP contribution < -0.4 is 21.3 Å². The topological polar surface area (TPSA) is 184 Å². The molecule has 16 heteroatoms. The number of aromatic nitrogens is 4. The highest BCUT2D eigenvalue weighted by molar-refractivity contribution is 6.33. The summed E-state index contributed by atoms with van der Waals surface area (Å²) in [5.74, 6) is 2.57. The molecular formula is C56H76Cl2N10O4. The van der Waals surface area contributed by atoms with E-state index in [4.69, 9.17) is 54.9 Å². The molecule has 72 heavy (non-hydrogen) atoms. The number of nitrogens with zero attached hydrogens (tertiary/aromatic N) is 6. The van der Waals surface area contributed by atoms with Gasteiger partial charge in [0.25, 0.3) is 0 Å². The third kappa shape index (κ3) is 16.3. The zero-order valence-electron chi connectivity index (χ0n) is 44.7. The third-order valence-corrected chi connectivity index (χ3v) is 15.4. The SMILES string of the molecule is [2H][C@@](C)(COC)NC1CCC(Cc2cc(-c3cccc(NCC4(C#N)CCOCC4)n3)c(Cl)cn2)CC1.[2H][C@](C)(COC)NC1CCC(Cc2cc(-c3cccc(NCC4(C#N)CCOCC4)n3)c(Cl)cn2)CC1. The van der Waals surface area contributed by atoms with Gasteiger partial charge >= 0.3 is 0 Å². The molecule has 2 aliphatic carbocycles. The summed E-state index contributed by atoms with van der Waals surface area (Å²) in [4.78, 5) is 18.8. The first-order chi connectivity index (χ1) is 35.6. The van der Waals surface area contributed by atoms with Crippen molar-refractivity contribution in [2.45, 2.75) is 128 Å². The van der Waals surface area contributed by atoms with Crippen LogP contribution in [0.4, 0.5) is 11.6 Å². The lowest BCUT2D eigenvalue weighted by atomic mass is 9.82. The lowest BCUT2D eigenvalue weighted by molar-refractivity contribution is 0.0454. The molecule has 0 amide bonds. The van der Waals surface area contributed by atoms with Gasteiger partial charge in [0.1, 0.15) is 11.6 Å². The van der Waals surface area contributed by atoms with Crippen LogP contribution in [0.25, 0.3) is 22.5 Å². The molecule has 2 atom stereocenters. The largest absolute Gasteiger partial charge is 0.383 e. The van der Waals surface area contributed by atoms with Crippen LogP contribution in [0.15, 0.2) is 60.9 Å². The number of anilines is 2. The fourth-order valence-electron chi connectivity index (χ4n) is 10.5. The van der Waals surface area contributed by atoms with Crippen LogP contribution in [-0.2, 0) is 31.8 Å². The Morgan fingerprint density at radius 2 is 1.04 bits per heavy atom. The maximum absolute atomic E-state index is 9.73. The van der Waals surface area contributed by atoms with Gasteiger partial charge in [-0.25, -0.2) is 9.97 Å². The minimum absolute atomic E-state index is 0.350. The second kappa shape index (κ2) is 27.7. The average molecular weight is 1030 g/mol. The summed E-state index contributed by atoms with van der Waals surface area (Å²) in [6, 6.07) is 20.0. The molecule has 0 spiro atoms. The highest BCUT2D eigenvalue weighted by atomic mass is 35.5. The molecule has 4 N–H and O–H groups in total. The van der Waals surface area contributed by atoms with Crippen molar-refractivity contribution in [1.29, 1.82) is 10.5 Å². The Morgan fingerprint density at radius 1 is 0.653 bits per heavy atom. The third-order valence-electron chi connectivity index (χ3n) is 14.8. The van der Waals surface area contributed by atoms with E-state index in [-0.39, 0.29) is 0 Å². The monoisotopic (exact) mass is 1020 g/mol. The van der Waals surface area contributed by atoms with Crippen LogP contribution in [0.5, 0.6) is 0 Å². The number of methoxy groups -OCH3 is 2. The fraction of sp³-hybridized carbons (Fsp3) is 0.607. The molecule has 0 radical (unpaired) electrons. The first-order valence-corrected chi connectivity index (χ1v) is 26.6. The van der Waals surface area contributed by atoms with E-state index >= 15 is 0 Å². The summed E-state index contributed by atoms with van der Waals surface area (Å²) in [6.07, 6.45) is 16.8. The van der Waals surface area contributed by atoms with E-state index in [0.29, 0.717) is 86.7 Å². The lowest BCUT2D eigenvalue weighted by Crippen LogP contribution is -2.41. The minimum atomic E-state index is -0.755. The van der Waals surface area contributed by atoms with Gasteiger partial charge in [0.15, 0.2) is 0 Å². The number of rotatable bonds is 20. The zero-order chi connectivity index (χ0) is 52.6. The van der Waals surface area contributed by atoms with E-state index < -0.39 is 22.9 Å². The summed E-state index contributed by atoms with van der Waals surface area (Å²) in [5.41, 5.74) is 4.52. The van der Waals surface area contributed by atoms with Crippen LogP contribution in [0.1, 0.15) is 105 Å². The highest BCUT2D eigenvalue weighted by Crippen LogP contribution is 2.35. The number of hydrogen-bond acceptors (Lipinski definition) is 14. The van der Waals surface area contributed by atoms with Gasteiger partial charge in [-0.3, -0.25) is 9.97 Å². The standard InChI is InChI=1S/2C28H38ClN5O2/c2*1-20(17-35-2)33-22-8-6-21(7-9-22)14-23-15-24(25(29)16-31-23)26-4-3-5-27(34-26)32-19-28(18-30)10-12-36-13-11-28/h2*3-5,15-16,20-22,33H,6-14,17,19H2,1-2H3,(H,32,34)/t2*20-,21?,22?/m10/s1/i2*20D. The summed E-state index contributed by atoms with van der Waals surface area (Å²) in [7, 11) is 3.27. The summed E-state index contributed by atoms with van der Waals surface area (Å²) in [6.45, 7) is 8.05. The number of nitriles is 2. The molecule has 388 valence electrons. The molecule has 0 unspecified atom stereocenters. The molecule has 2 saturated carbocycles. The average Bonchev–Trinajstić information content (AvgIpc) is 3.40. The zero-order valence-corrected chi connectivity index (χ0v) is 44.2. The van der Waals surface area contributed by atoms with Gasteiger partial charge in [0.2, 0.25) is 0 Å². The number of pyridine rings is 4. The lowest BCUT2D eigenvalue weighted by Gasteiger charge is -2.31. The Balaban J connectivity index is 0.000000216. The number of ether oxygens (including phenoxy) is 4. The molecule has 6 heterocycles. The molecule has 4 aromatic heterocycles. The Bertz CT molecular complexity index is 2330. The molecule has 2 aliphatic heterocycles. The number of halogens is 2. The second-order valence-corrected chi connectivity index (χ2v) is 21.2. The van der Waals surface area contributed by atoms with Gasteiger partial charge < -0.3 is 40.2 Å². The van der Waals surface area contributed by atoms with E-state index in [1.54, 1.807) is 26.6 Å². The molecular weight excluding hydrogens is 948 g/mol. The minimum Gasteiger partial charge on any atom is -0.383 e. The van der Waals surface area contributed by atoms with Crippen molar-refractivity contribution in [3.8, 4) is 34.7 Å². The van der Waals surface area contributed by atoms with Crippen LogP contribution in [0, 0.1) is 45.3 Å². The van der Waals surface area contributed by atoms with E-state index in [0.717, 1.165) is 135 Å². The molecule has 14 nitrogen and oxygen atoms in total. The van der Waals surface area contributed by atoms with Crippen molar-refractivity contribution in [1.82, 2.24) is 30.6 Å². The van der Waals surface area contributed by atoms with Gasteiger partial charge in [-0.05, 0) is 152 Å². The smallest absolute Gasteiger partial charge is 0.126 e. The molecule has 0 aromatic carbocycles. The van der Waals surface area contributed by atoms with Gasteiger partial charge in [-0.1, -0.05) is 35.3 Å². The molecule has 2 saturated heterocycles.